The zero-order valence-electron chi connectivity index (χ0n) is 12.6. The van der Waals surface area contributed by atoms with Crippen molar-refractivity contribution in [3.8, 4) is 0 Å². The van der Waals surface area contributed by atoms with Gasteiger partial charge in [-0.3, -0.25) is 4.68 Å². The Morgan fingerprint density at radius 2 is 2.11 bits per heavy atom. The van der Waals surface area contributed by atoms with Crippen molar-refractivity contribution in [2.45, 2.75) is 58.9 Å². The molecule has 2 rings (SSSR count). The Kier molecular flexibility index (Phi) is 4.57. The molecule has 0 radical (unpaired) electrons. The predicted octanol–water partition coefficient (Wildman–Crippen LogP) is 3.35. The summed E-state index contributed by atoms with van der Waals surface area (Å²) in [6.07, 6.45) is 5.77. The summed E-state index contributed by atoms with van der Waals surface area (Å²) in [5.74, 6) is 0. The number of hydrogen-bond donors (Lipinski definition) is 1. The molecule has 0 aromatic carbocycles. The van der Waals surface area contributed by atoms with Crippen LogP contribution in [-0.2, 0) is 19.9 Å². The molecule has 1 fully saturated rings. The zero-order chi connectivity index (χ0) is 14.0. The van der Waals surface area contributed by atoms with E-state index >= 15 is 0 Å². The number of aromatic nitrogens is 2. The fourth-order valence-electron chi connectivity index (χ4n) is 2.46. The largest absolute Gasteiger partial charge is 0.314 e. The van der Waals surface area contributed by atoms with E-state index in [2.05, 4.69) is 31.2 Å². The van der Waals surface area contributed by atoms with E-state index in [9.17, 15) is 0 Å². The van der Waals surface area contributed by atoms with Crippen molar-refractivity contribution >= 4 is 11.6 Å². The number of aryl methyl sites for hydroxylation is 2. The summed E-state index contributed by atoms with van der Waals surface area (Å²) in [6, 6.07) is 0.794. The second kappa shape index (κ2) is 5.84. The summed E-state index contributed by atoms with van der Waals surface area (Å²) >= 11 is 6.43. The molecule has 1 aromatic heterocycles. The first-order valence-electron chi connectivity index (χ1n) is 7.36. The number of hydrogen-bond acceptors (Lipinski definition) is 2. The average Bonchev–Trinajstić information content (AvgIpc) is 3.11. The minimum absolute atomic E-state index is 0.254. The summed E-state index contributed by atoms with van der Waals surface area (Å²) < 4.78 is 1.96. The van der Waals surface area contributed by atoms with Crippen molar-refractivity contribution in [2.75, 3.05) is 6.54 Å². The van der Waals surface area contributed by atoms with Crippen molar-refractivity contribution in [3.63, 3.8) is 0 Å². The van der Waals surface area contributed by atoms with Crippen molar-refractivity contribution in [1.29, 1.82) is 0 Å². The van der Waals surface area contributed by atoms with Crippen LogP contribution in [0.25, 0.3) is 0 Å². The van der Waals surface area contributed by atoms with Gasteiger partial charge in [-0.05, 0) is 44.1 Å². The highest BCUT2D eigenvalue weighted by Crippen LogP contribution is 2.31. The minimum atomic E-state index is 0.254. The lowest BCUT2D eigenvalue weighted by atomic mass is 9.84. The highest BCUT2D eigenvalue weighted by molar-refractivity contribution is 6.31. The van der Waals surface area contributed by atoms with Crippen LogP contribution in [0.3, 0.4) is 0 Å². The van der Waals surface area contributed by atoms with Gasteiger partial charge in [-0.15, -0.1) is 0 Å². The predicted molar refractivity (Wildman–Crippen MR) is 80.7 cm³/mol. The molecule has 1 N–H and O–H groups in total. The van der Waals surface area contributed by atoms with Crippen LogP contribution >= 0.6 is 11.6 Å². The van der Waals surface area contributed by atoms with Crippen LogP contribution in [-0.4, -0.2) is 22.4 Å². The zero-order valence-corrected chi connectivity index (χ0v) is 13.3. The highest BCUT2D eigenvalue weighted by Gasteiger charge is 2.25. The van der Waals surface area contributed by atoms with Gasteiger partial charge in [0.25, 0.3) is 0 Å². The lowest BCUT2D eigenvalue weighted by Gasteiger charge is -2.25. The first kappa shape index (κ1) is 14.9. The summed E-state index contributed by atoms with van der Waals surface area (Å²) in [5, 5.41) is 8.96. The molecule has 1 heterocycles. The van der Waals surface area contributed by atoms with E-state index in [4.69, 9.17) is 11.6 Å². The number of halogens is 1. The van der Waals surface area contributed by atoms with E-state index in [1.165, 1.54) is 25.0 Å². The van der Waals surface area contributed by atoms with Gasteiger partial charge in [0.2, 0.25) is 0 Å². The number of nitrogens with zero attached hydrogens (tertiary/aromatic N) is 2. The van der Waals surface area contributed by atoms with Crippen LogP contribution < -0.4 is 5.32 Å². The molecular weight excluding hydrogens is 258 g/mol. The van der Waals surface area contributed by atoms with E-state index in [1.54, 1.807) is 0 Å². The van der Waals surface area contributed by atoms with Gasteiger partial charge in [-0.2, -0.15) is 5.10 Å². The molecular formula is C15H26ClN3. The van der Waals surface area contributed by atoms with E-state index in [-0.39, 0.29) is 5.41 Å². The van der Waals surface area contributed by atoms with Gasteiger partial charge in [-0.25, -0.2) is 0 Å². The summed E-state index contributed by atoms with van der Waals surface area (Å²) in [4.78, 5) is 0. The summed E-state index contributed by atoms with van der Waals surface area (Å²) in [6.45, 7) is 7.84. The molecule has 0 amide bonds. The monoisotopic (exact) mass is 283 g/mol. The normalized spacial score (nSPS) is 16.1. The van der Waals surface area contributed by atoms with Gasteiger partial charge >= 0.3 is 0 Å². The highest BCUT2D eigenvalue weighted by atomic mass is 35.5. The maximum Gasteiger partial charge on any atom is 0.0849 e. The van der Waals surface area contributed by atoms with E-state index in [0.717, 1.165) is 36.1 Å². The molecule has 4 heteroatoms. The lowest BCUT2D eigenvalue weighted by Crippen LogP contribution is -2.26. The van der Waals surface area contributed by atoms with Crippen LogP contribution in [0, 0.1) is 5.41 Å². The summed E-state index contributed by atoms with van der Waals surface area (Å²) in [5.41, 5.74) is 2.45. The van der Waals surface area contributed by atoms with Gasteiger partial charge in [-0.1, -0.05) is 32.4 Å². The fraction of sp³-hybridized carbons (Fsp3) is 0.800. The third-order valence-corrected chi connectivity index (χ3v) is 4.40. The van der Waals surface area contributed by atoms with Crippen molar-refractivity contribution in [3.05, 3.63) is 16.4 Å². The average molecular weight is 284 g/mol. The molecule has 108 valence electrons. The molecule has 0 bridgehead atoms. The third-order valence-electron chi connectivity index (χ3n) is 3.96. The lowest BCUT2D eigenvalue weighted by molar-refractivity contribution is 0.317. The van der Waals surface area contributed by atoms with Crippen LogP contribution in [0.5, 0.6) is 0 Å². The smallest absolute Gasteiger partial charge is 0.0849 e. The second-order valence-corrected chi connectivity index (χ2v) is 6.88. The Morgan fingerprint density at radius 3 is 2.63 bits per heavy atom. The minimum Gasteiger partial charge on any atom is -0.314 e. The van der Waals surface area contributed by atoms with Crippen LogP contribution in [0.2, 0.25) is 5.02 Å². The number of rotatable bonds is 7. The van der Waals surface area contributed by atoms with Crippen molar-refractivity contribution < 1.29 is 0 Å². The molecule has 19 heavy (non-hydrogen) atoms. The molecule has 1 aliphatic rings. The fourth-order valence-corrected chi connectivity index (χ4v) is 2.82. The van der Waals surface area contributed by atoms with Gasteiger partial charge in [0.1, 0.15) is 0 Å². The standard InChI is InChI=1S/C15H26ClN3/c1-5-12-14(16)13(19(4)18-12)10-15(2,3)8-9-17-11-6-7-11/h11,17H,5-10H2,1-4H3. The van der Waals surface area contributed by atoms with Crippen molar-refractivity contribution in [1.82, 2.24) is 15.1 Å². The molecule has 1 aliphatic carbocycles. The van der Waals surface area contributed by atoms with E-state index < -0.39 is 0 Å². The van der Waals surface area contributed by atoms with Crippen LogP contribution in [0.4, 0.5) is 0 Å². The molecule has 1 saturated carbocycles. The first-order chi connectivity index (χ1) is 8.93. The van der Waals surface area contributed by atoms with Gasteiger partial charge in [0, 0.05) is 13.1 Å². The maximum absolute atomic E-state index is 6.43. The summed E-state index contributed by atoms with van der Waals surface area (Å²) in [7, 11) is 2.00. The van der Waals surface area contributed by atoms with Gasteiger partial charge in [0.15, 0.2) is 0 Å². The van der Waals surface area contributed by atoms with Gasteiger partial charge < -0.3 is 5.32 Å². The Bertz CT molecular complexity index is 433. The van der Waals surface area contributed by atoms with E-state index in [1.807, 2.05) is 11.7 Å². The molecule has 0 spiro atoms. The Hall–Kier alpha value is -0.540. The first-order valence-corrected chi connectivity index (χ1v) is 7.74. The molecule has 1 aromatic rings. The Morgan fingerprint density at radius 1 is 1.42 bits per heavy atom. The third kappa shape index (κ3) is 3.96. The topological polar surface area (TPSA) is 29.9 Å². The second-order valence-electron chi connectivity index (χ2n) is 6.50. The van der Waals surface area contributed by atoms with Crippen molar-refractivity contribution in [2.24, 2.45) is 12.5 Å². The molecule has 0 atom stereocenters. The molecule has 0 aliphatic heterocycles. The number of nitrogens with one attached hydrogen (secondary N) is 1. The van der Waals surface area contributed by atoms with Crippen LogP contribution in [0.1, 0.15) is 51.4 Å². The molecule has 3 nitrogen and oxygen atoms in total. The SMILES string of the molecule is CCc1nn(C)c(CC(C)(C)CCNC2CC2)c1Cl. The Balaban J connectivity index is 1.95. The molecule has 0 saturated heterocycles. The maximum atomic E-state index is 6.43. The quantitative estimate of drug-likeness (QED) is 0.832. The van der Waals surface area contributed by atoms with Crippen LogP contribution in [0.15, 0.2) is 0 Å². The van der Waals surface area contributed by atoms with E-state index in [0.29, 0.717) is 0 Å². The molecule has 0 unspecified atom stereocenters. The Labute approximate surface area is 121 Å². The van der Waals surface area contributed by atoms with Gasteiger partial charge in [0.05, 0.1) is 16.4 Å².